The lowest BCUT2D eigenvalue weighted by molar-refractivity contribution is 0.413. The van der Waals surface area contributed by atoms with Gasteiger partial charge in [0.05, 0.1) is 7.11 Å². The van der Waals surface area contributed by atoms with E-state index in [2.05, 4.69) is 45.0 Å². The van der Waals surface area contributed by atoms with Crippen molar-refractivity contribution >= 4 is 5.57 Å². The van der Waals surface area contributed by atoms with Crippen molar-refractivity contribution in [3.8, 4) is 5.75 Å². The molecule has 0 fully saturated rings. The zero-order valence-electron chi connectivity index (χ0n) is 11.9. The lowest BCUT2D eigenvalue weighted by Crippen LogP contribution is -2.21. The van der Waals surface area contributed by atoms with Crippen molar-refractivity contribution in [2.24, 2.45) is 0 Å². The maximum Gasteiger partial charge on any atom is 0.119 e. The topological polar surface area (TPSA) is 9.23 Å². The molecule has 1 heteroatoms. The lowest BCUT2D eigenvalue weighted by atomic mass is 9.74. The van der Waals surface area contributed by atoms with Crippen molar-refractivity contribution in [3.05, 3.63) is 35.4 Å². The number of methoxy groups -OCH3 is 1. The van der Waals surface area contributed by atoms with Gasteiger partial charge in [0.25, 0.3) is 0 Å². The van der Waals surface area contributed by atoms with Crippen LogP contribution in [0.1, 0.15) is 52.2 Å². The molecule has 0 heterocycles. The maximum atomic E-state index is 5.27. The predicted molar refractivity (Wildman–Crippen MR) is 75.6 cm³/mol. The third kappa shape index (κ3) is 2.71. The second-order valence-electron chi connectivity index (χ2n) is 4.89. The summed E-state index contributed by atoms with van der Waals surface area (Å²) in [6.45, 7) is 10.8. The Balaban J connectivity index is 0.000000686. The quantitative estimate of drug-likeness (QED) is 0.675. The zero-order valence-corrected chi connectivity index (χ0v) is 11.9. The molecule has 0 unspecified atom stereocenters. The van der Waals surface area contributed by atoms with Crippen molar-refractivity contribution in [1.29, 1.82) is 0 Å². The summed E-state index contributed by atoms with van der Waals surface area (Å²) in [7, 11) is 1.72. The van der Waals surface area contributed by atoms with Gasteiger partial charge in [0.1, 0.15) is 5.75 Å². The van der Waals surface area contributed by atoms with Gasteiger partial charge < -0.3 is 4.74 Å². The highest BCUT2D eigenvalue weighted by Crippen LogP contribution is 2.39. The van der Waals surface area contributed by atoms with Crippen LogP contribution in [0.5, 0.6) is 5.75 Å². The molecular formula is C16H24O. The van der Waals surface area contributed by atoms with Crippen LogP contribution in [-0.4, -0.2) is 7.11 Å². The number of allylic oxidation sites excluding steroid dienone is 2. The Hall–Kier alpha value is -1.24. The SMILES string of the molecule is CC.COc1ccc2c(c1)C(C)=CCC2(C)C. The molecule has 0 N–H and O–H groups in total. The van der Waals surface area contributed by atoms with E-state index >= 15 is 0 Å². The van der Waals surface area contributed by atoms with E-state index in [1.807, 2.05) is 13.8 Å². The summed E-state index contributed by atoms with van der Waals surface area (Å²) in [6, 6.07) is 6.39. The first-order chi connectivity index (χ1) is 8.04. The van der Waals surface area contributed by atoms with E-state index in [9.17, 15) is 0 Å². The van der Waals surface area contributed by atoms with E-state index in [1.165, 1.54) is 16.7 Å². The highest BCUT2D eigenvalue weighted by molar-refractivity contribution is 5.71. The first-order valence-electron chi connectivity index (χ1n) is 6.40. The molecule has 1 aliphatic rings. The second kappa shape index (κ2) is 5.39. The van der Waals surface area contributed by atoms with E-state index in [4.69, 9.17) is 4.74 Å². The first kappa shape index (κ1) is 13.8. The standard InChI is InChI=1S/C14H18O.C2H6/c1-10-7-8-14(2,3)13-6-5-11(15-4)9-12(10)13;1-2/h5-7,9H,8H2,1-4H3;1-2H3. The van der Waals surface area contributed by atoms with Gasteiger partial charge in [-0.2, -0.15) is 0 Å². The number of benzene rings is 1. The molecule has 2 rings (SSSR count). The molecule has 94 valence electrons. The molecule has 0 amide bonds. The van der Waals surface area contributed by atoms with Crippen molar-refractivity contribution < 1.29 is 4.74 Å². The molecule has 1 aromatic rings. The largest absolute Gasteiger partial charge is 0.497 e. The van der Waals surface area contributed by atoms with Gasteiger partial charge in [0.15, 0.2) is 0 Å². The van der Waals surface area contributed by atoms with Crippen LogP contribution in [0.3, 0.4) is 0 Å². The normalized spacial score (nSPS) is 16.2. The van der Waals surface area contributed by atoms with E-state index < -0.39 is 0 Å². The Morgan fingerprint density at radius 3 is 2.41 bits per heavy atom. The molecule has 0 spiro atoms. The Bertz CT molecular complexity index is 414. The molecule has 0 aliphatic heterocycles. The van der Waals surface area contributed by atoms with Gasteiger partial charge in [0.2, 0.25) is 0 Å². The lowest BCUT2D eigenvalue weighted by Gasteiger charge is -2.31. The van der Waals surface area contributed by atoms with Gasteiger partial charge in [-0.05, 0) is 47.6 Å². The van der Waals surface area contributed by atoms with E-state index in [0.717, 1.165) is 12.2 Å². The molecule has 0 radical (unpaired) electrons. The average molecular weight is 232 g/mol. The van der Waals surface area contributed by atoms with Gasteiger partial charge in [0, 0.05) is 0 Å². The van der Waals surface area contributed by atoms with Crippen LogP contribution in [0.15, 0.2) is 24.3 Å². The van der Waals surface area contributed by atoms with Gasteiger partial charge in [-0.3, -0.25) is 0 Å². The molecule has 0 saturated carbocycles. The van der Waals surface area contributed by atoms with Gasteiger partial charge in [-0.25, -0.2) is 0 Å². The maximum absolute atomic E-state index is 5.27. The Kier molecular flexibility index (Phi) is 4.39. The van der Waals surface area contributed by atoms with E-state index in [0.29, 0.717) is 0 Å². The Morgan fingerprint density at radius 2 is 1.82 bits per heavy atom. The second-order valence-corrected chi connectivity index (χ2v) is 4.89. The van der Waals surface area contributed by atoms with Gasteiger partial charge in [-0.1, -0.05) is 39.8 Å². The van der Waals surface area contributed by atoms with Crippen LogP contribution in [-0.2, 0) is 5.41 Å². The minimum absolute atomic E-state index is 0.251. The number of hydrogen-bond acceptors (Lipinski definition) is 1. The van der Waals surface area contributed by atoms with Gasteiger partial charge in [-0.15, -0.1) is 0 Å². The number of hydrogen-bond donors (Lipinski definition) is 0. The summed E-state index contributed by atoms with van der Waals surface area (Å²) >= 11 is 0. The fraction of sp³-hybridized carbons (Fsp3) is 0.500. The van der Waals surface area contributed by atoms with Crippen LogP contribution in [0, 0.1) is 0 Å². The van der Waals surface area contributed by atoms with E-state index in [1.54, 1.807) is 7.11 Å². The molecule has 0 atom stereocenters. The van der Waals surface area contributed by atoms with Crippen LogP contribution in [0.4, 0.5) is 0 Å². The molecule has 1 nitrogen and oxygen atoms in total. The third-order valence-electron chi connectivity index (χ3n) is 3.30. The van der Waals surface area contributed by atoms with Crippen LogP contribution >= 0.6 is 0 Å². The smallest absolute Gasteiger partial charge is 0.119 e. The molecule has 0 saturated heterocycles. The fourth-order valence-electron chi connectivity index (χ4n) is 2.19. The summed E-state index contributed by atoms with van der Waals surface area (Å²) in [5.74, 6) is 0.944. The molecular weight excluding hydrogens is 208 g/mol. The fourth-order valence-corrected chi connectivity index (χ4v) is 2.19. The number of rotatable bonds is 1. The highest BCUT2D eigenvalue weighted by atomic mass is 16.5. The minimum Gasteiger partial charge on any atom is -0.497 e. The van der Waals surface area contributed by atoms with Crippen molar-refractivity contribution in [2.75, 3.05) is 7.11 Å². The molecule has 1 aliphatic carbocycles. The molecule has 17 heavy (non-hydrogen) atoms. The summed E-state index contributed by atoms with van der Waals surface area (Å²) in [4.78, 5) is 0. The summed E-state index contributed by atoms with van der Waals surface area (Å²) in [5.41, 5.74) is 4.39. The zero-order chi connectivity index (χ0) is 13.1. The van der Waals surface area contributed by atoms with Crippen molar-refractivity contribution in [1.82, 2.24) is 0 Å². The van der Waals surface area contributed by atoms with Gasteiger partial charge >= 0.3 is 0 Å². The molecule has 0 bridgehead atoms. The monoisotopic (exact) mass is 232 g/mol. The predicted octanol–water partition coefficient (Wildman–Crippen LogP) is 4.81. The van der Waals surface area contributed by atoms with Crippen molar-refractivity contribution in [3.63, 3.8) is 0 Å². The Morgan fingerprint density at radius 1 is 1.18 bits per heavy atom. The average Bonchev–Trinajstić information content (AvgIpc) is 2.36. The van der Waals surface area contributed by atoms with Crippen LogP contribution in [0.2, 0.25) is 0 Å². The number of fused-ring (bicyclic) bond motifs is 1. The molecule has 0 aromatic heterocycles. The third-order valence-corrected chi connectivity index (χ3v) is 3.30. The van der Waals surface area contributed by atoms with Crippen LogP contribution < -0.4 is 4.74 Å². The van der Waals surface area contributed by atoms with E-state index in [-0.39, 0.29) is 5.41 Å². The summed E-state index contributed by atoms with van der Waals surface area (Å²) < 4.78 is 5.27. The van der Waals surface area contributed by atoms with Crippen LogP contribution in [0.25, 0.3) is 5.57 Å². The summed E-state index contributed by atoms with van der Waals surface area (Å²) in [5, 5.41) is 0. The molecule has 1 aromatic carbocycles. The van der Waals surface area contributed by atoms with Crippen molar-refractivity contribution in [2.45, 2.75) is 46.5 Å². The highest BCUT2D eigenvalue weighted by Gasteiger charge is 2.26. The number of ether oxygens (including phenoxy) is 1. The minimum atomic E-state index is 0.251. The summed E-state index contributed by atoms with van der Waals surface area (Å²) in [6.07, 6.45) is 3.44. The first-order valence-corrected chi connectivity index (χ1v) is 6.40. The Labute approximate surface area is 106 Å².